The van der Waals surface area contributed by atoms with E-state index >= 15 is 0 Å². The van der Waals surface area contributed by atoms with Crippen LogP contribution in [0.3, 0.4) is 0 Å². The molecule has 0 aromatic heterocycles. The van der Waals surface area contributed by atoms with E-state index in [1.807, 2.05) is 0 Å². The average Bonchev–Trinajstić information content (AvgIpc) is 2.10. The molecule has 0 bridgehead atoms. The van der Waals surface area contributed by atoms with E-state index in [1.165, 1.54) is 32.1 Å². The van der Waals surface area contributed by atoms with Crippen molar-refractivity contribution in [2.24, 2.45) is 17.8 Å². The van der Waals surface area contributed by atoms with Crippen LogP contribution in [0.2, 0.25) is 0 Å². The molecular formula is C11H21Cl. The van der Waals surface area contributed by atoms with Crippen LogP contribution in [0.1, 0.15) is 46.0 Å². The van der Waals surface area contributed by atoms with Crippen molar-refractivity contribution in [3.8, 4) is 0 Å². The molecule has 1 aliphatic carbocycles. The first-order valence-electron chi connectivity index (χ1n) is 5.35. The van der Waals surface area contributed by atoms with E-state index in [0.29, 0.717) is 0 Å². The Hall–Kier alpha value is 0.290. The standard InChI is InChI=1S/C11H21Cl/c1-3-10(8-12)11-7-5-4-6-9(11)2/h9-11H,3-8H2,1-2H3. The number of hydrogen-bond acceptors (Lipinski definition) is 0. The lowest BCUT2D eigenvalue weighted by Crippen LogP contribution is -2.25. The SMILES string of the molecule is CCC(CCl)C1CCCCC1C. The Bertz CT molecular complexity index is 118. The van der Waals surface area contributed by atoms with Crippen LogP contribution in [0.15, 0.2) is 0 Å². The first-order valence-corrected chi connectivity index (χ1v) is 5.89. The molecule has 1 heteroatoms. The molecule has 1 rings (SSSR count). The number of hydrogen-bond donors (Lipinski definition) is 0. The van der Waals surface area contributed by atoms with Gasteiger partial charge in [-0.3, -0.25) is 0 Å². The van der Waals surface area contributed by atoms with Crippen LogP contribution in [0, 0.1) is 17.8 Å². The molecule has 0 spiro atoms. The topological polar surface area (TPSA) is 0 Å². The van der Waals surface area contributed by atoms with Gasteiger partial charge in [-0.15, -0.1) is 11.6 Å². The van der Waals surface area contributed by atoms with E-state index in [1.54, 1.807) is 0 Å². The fourth-order valence-corrected chi connectivity index (χ4v) is 3.02. The number of alkyl halides is 1. The van der Waals surface area contributed by atoms with E-state index in [0.717, 1.165) is 23.6 Å². The third kappa shape index (κ3) is 2.39. The summed E-state index contributed by atoms with van der Waals surface area (Å²) in [7, 11) is 0. The maximum Gasteiger partial charge on any atom is 0.0254 e. The molecule has 0 aromatic carbocycles. The Morgan fingerprint density at radius 2 is 2.00 bits per heavy atom. The van der Waals surface area contributed by atoms with Gasteiger partial charge in [0.1, 0.15) is 0 Å². The van der Waals surface area contributed by atoms with Gasteiger partial charge in [-0.05, 0) is 24.2 Å². The first-order chi connectivity index (χ1) is 5.79. The van der Waals surface area contributed by atoms with Crippen molar-refractivity contribution in [1.29, 1.82) is 0 Å². The normalized spacial score (nSPS) is 33.2. The van der Waals surface area contributed by atoms with E-state index in [2.05, 4.69) is 13.8 Å². The third-order valence-electron chi connectivity index (χ3n) is 3.51. The van der Waals surface area contributed by atoms with Crippen molar-refractivity contribution in [1.82, 2.24) is 0 Å². The zero-order valence-electron chi connectivity index (χ0n) is 8.35. The van der Waals surface area contributed by atoms with E-state index in [9.17, 15) is 0 Å². The van der Waals surface area contributed by atoms with Gasteiger partial charge in [-0.2, -0.15) is 0 Å². The molecule has 0 amide bonds. The van der Waals surface area contributed by atoms with Crippen molar-refractivity contribution in [3.05, 3.63) is 0 Å². The van der Waals surface area contributed by atoms with Gasteiger partial charge in [0.25, 0.3) is 0 Å². The zero-order chi connectivity index (χ0) is 8.97. The summed E-state index contributed by atoms with van der Waals surface area (Å²) in [4.78, 5) is 0. The minimum Gasteiger partial charge on any atom is -0.126 e. The lowest BCUT2D eigenvalue weighted by Gasteiger charge is -2.34. The van der Waals surface area contributed by atoms with Gasteiger partial charge in [0, 0.05) is 5.88 Å². The van der Waals surface area contributed by atoms with Crippen molar-refractivity contribution >= 4 is 11.6 Å². The van der Waals surface area contributed by atoms with Gasteiger partial charge < -0.3 is 0 Å². The summed E-state index contributed by atoms with van der Waals surface area (Å²) in [5, 5.41) is 0. The van der Waals surface area contributed by atoms with Crippen molar-refractivity contribution in [2.75, 3.05) is 5.88 Å². The van der Waals surface area contributed by atoms with Crippen LogP contribution in [0.25, 0.3) is 0 Å². The van der Waals surface area contributed by atoms with Crippen LogP contribution in [0.4, 0.5) is 0 Å². The molecule has 1 fully saturated rings. The summed E-state index contributed by atoms with van der Waals surface area (Å²) < 4.78 is 0. The molecule has 0 saturated heterocycles. The Kier molecular flexibility index (Phi) is 4.42. The smallest absolute Gasteiger partial charge is 0.0254 e. The summed E-state index contributed by atoms with van der Waals surface area (Å²) in [6.07, 6.45) is 6.99. The second-order valence-corrected chi connectivity index (χ2v) is 4.56. The quantitative estimate of drug-likeness (QED) is 0.586. The highest BCUT2D eigenvalue weighted by Gasteiger charge is 2.27. The van der Waals surface area contributed by atoms with Gasteiger partial charge in [-0.25, -0.2) is 0 Å². The molecule has 3 atom stereocenters. The number of rotatable bonds is 3. The second-order valence-electron chi connectivity index (χ2n) is 4.25. The molecule has 0 heterocycles. The monoisotopic (exact) mass is 188 g/mol. The van der Waals surface area contributed by atoms with E-state index in [4.69, 9.17) is 11.6 Å². The largest absolute Gasteiger partial charge is 0.126 e. The molecule has 72 valence electrons. The van der Waals surface area contributed by atoms with Crippen LogP contribution in [0.5, 0.6) is 0 Å². The maximum absolute atomic E-state index is 5.97. The average molecular weight is 189 g/mol. The fourth-order valence-electron chi connectivity index (χ4n) is 2.57. The lowest BCUT2D eigenvalue weighted by atomic mass is 9.73. The van der Waals surface area contributed by atoms with E-state index < -0.39 is 0 Å². The molecule has 1 aliphatic rings. The highest BCUT2D eigenvalue weighted by atomic mass is 35.5. The first kappa shape index (κ1) is 10.4. The Labute approximate surface area is 81.7 Å². The highest BCUT2D eigenvalue weighted by molar-refractivity contribution is 6.18. The summed E-state index contributed by atoms with van der Waals surface area (Å²) in [6.45, 7) is 4.67. The Morgan fingerprint density at radius 1 is 1.33 bits per heavy atom. The van der Waals surface area contributed by atoms with Crippen molar-refractivity contribution in [2.45, 2.75) is 46.0 Å². The lowest BCUT2D eigenvalue weighted by molar-refractivity contribution is 0.183. The molecule has 0 N–H and O–H groups in total. The minimum atomic E-state index is 0.780. The predicted octanol–water partition coefficient (Wildman–Crippen LogP) is 4.08. The van der Waals surface area contributed by atoms with Gasteiger partial charge in [-0.1, -0.05) is 39.5 Å². The molecule has 1 saturated carbocycles. The molecule has 3 unspecified atom stereocenters. The van der Waals surface area contributed by atoms with Gasteiger partial charge >= 0.3 is 0 Å². The Balaban J connectivity index is 2.45. The van der Waals surface area contributed by atoms with E-state index in [-0.39, 0.29) is 0 Å². The van der Waals surface area contributed by atoms with Crippen molar-refractivity contribution < 1.29 is 0 Å². The summed E-state index contributed by atoms with van der Waals surface area (Å²) in [6, 6.07) is 0. The number of halogens is 1. The maximum atomic E-state index is 5.97. The molecule has 0 nitrogen and oxygen atoms in total. The molecule has 0 aromatic rings. The predicted molar refractivity (Wildman–Crippen MR) is 55.6 cm³/mol. The van der Waals surface area contributed by atoms with Gasteiger partial charge in [0.05, 0.1) is 0 Å². The van der Waals surface area contributed by atoms with Gasteiger partial charge in [0.15, 0.2) is 0 Å². The summed E-state index contributed by atoms with van der Waals surface area (Å²) >= 11 is 5.97. The van der Waals surface area contributed by atoms with Crippen LogP contribution >= 0.6 is 11.6 Å². The summed E-state index contributed by atoms with van der Waals surface area (Å²) in [5.74, 6) is 3.48. The second kappa shape index (κ2) is 5.11. The van der Waals surface area contributed by atoms with Crippen LogP contribution < -0.4 is 0 Å². The van der Waals surface area contributed by atoms with Crippen LogP contribution in [-0.2, 0) is 0 Å². The Morgan fingerprint density at radius 3 is 2.50 bits per heavy atom. The molecule has 0 aliphatic heterocycles. The zero-order valence-corrected chi connectivity index (χ0v) is 9.11. The van der Waals surface area contributed by atoms with Crippen molar-refractivity contribution in [3.63, 3.8) is 0 Å². The highest BCUT2D eigenvalue weighted by Crippen LogP contribution is 2.36. The molecule has 0 radical (unpaired) electrons. The van der Waals surface area contributed by atoms with Crippen LogP contribution in [-0.4, -0.2) is 5.88 Å². The summed E-state index contributed by atoms with van der Waals surface area (Å²) in [5.41, 5.74) is 0. The fraction of sp³-hybridized carbons (Fsp3) is 1.00. The van der Waals surface area contributed by atoms with Gasteiger partial charge in [0.2, 0.25) is 0 Å². The molecule has 12 heavy (non-hydrogen) atoms. The molecular weight excluding hydrogens is 168 g/mol. The third-order valence-corrected chi connectivity index (χ3v) is 3.90. The minimum absolute atomic E-state index is 0.780.